The zero-order valence-electron chi connectivity index (χ0n) is 15.2. The van der Waals surface area contributed by atoms with E-state index in [1.807, 2.05) is 0 Å². The maximum atomic E-state index is 2.90. The molecule has 25 heavy (non-hydrogen) atoms. The van der Waals surface area contributed by atoms with Crippen LogP contribution in [-0.4, -0.2) is 0 Å². The molecule has 2 heteroatoms. The smallest absolute Gasteiger partial charge is 0.0812 e. The summed E-state index contributed by atoms with van der Waals surface area (Å²) in [5.41, 5.74) is 4.85. The molecule has 1 aromatic carbocycles. The summed E-state index contributed by atoms with van der Waals surface area (Å²) in [7, 11) is 0. The third-order valence-corrected chi connectivity index (χ3v) is 9.12. The van der Waals surface area contributed by atoms with Crippen molar-refractivity contribution in [3.63, 3.8) is 0 Å². The highest BCUT2D eigenvalue weighted by Gasteiger charge is 2.65. The fourth-order valence-corrected chi connectivity index (χ4v) is 8.80. The van der Waals surface area contributed by atoms with Crippen LogP contribution in [0.15, 0.2) is 35.7 Å². The minimum Gasteiger partial charge on any atom is -0.353 e. The summed E-state index contributed by atoms with van der Waals surface area (Å²) >= 11 is 2.06. The maximum Gasteiger partial charge on any atom is 0.0812 e. The summed E-state index contributed by atoms with van der Waals surface area (Å²) in [5, 5.41) is 2.36. The molecule has 0 amide bonds. The molecule has 0 radical (unpaired) electrons. The zero-order valence-corrected chi connectivity index (χ0v) is 16.1. The van der Waals surface area contributed by atoms with Crippen molar-refractivity contribution >= 4 is 17.0 Å². The molecule has 0 N–H and O–H groups in total. The van der Waals surface area contributed by atoms with Gasteiger partial charge in [0.05, 0.1) is 11.6 Å². The number of aryl methyl sites for hydroxylation is 1. The van der Waals surface area contributed by atoms with Crippen LogP contribution in [0.5, 0.6) is 0 Å². The first kappa shape index (κ1) is 14.8. The van der Waals surface area contributed by atoms with Crippen LogP contribution in [-0.2, 0) is 5.54 Å². The highest BCUT2D eigenvalue weighted by atomic mass is 32.1. The SMILES string of the molecule is Cc1ccccc1N1C(C)c2ccsc2C12C1CC3CC(C1)CC2C3. The van der Waals surface area contributed by atoms with Gasteiger partial charge in [-0.15, -0.1) is 11.3 Å². The minimum atomic E-state index is 0.294. The van der Waals surface area contributed by atoms with Crippen molar-refractivity contribution in [2.24, 2.45) is 23.7 Å². The Bertz CT molecular complexity index is 806. The molecule has 1 atom stereocenters. The molecular formula is C23H27NS. The van der Waals surface area contributed by atoms with Crippen molar-refractivity contribution in [3.8, 4) is 0 Å². The summed E-state index contributed by atoms with van der Waals surface area (Å²) < 4.78 is 0. The number of para-hydroxylation sites is 1. The molecule has 4 fully saturated rings. The summed E-state index contributed by atoms with van der Waals surface area (Å²) in [4.78, 5) is 4.63. The second-order valence-electron chi connectivity index (χ2n) is 9.17. The lowest BCUT2D eigenvalue weighted by atomic mass is 9.48. The second kappa shape index (κ2) is 4.91. The van der Waals surface area contributed by atoms with Crippen LogP contribution in [0, 0.1) is 30.6 Å². The molecule has 0 saturated heterocycles. The fraction of sp³-hybridized carbons (Fsp3) is 0.565. The first-order chi connectivity index (χ1) is 12.2. The normalized spacial score (nSPS) is 40.9. The van der Waals surface area contributed by atoms with Crippen LogP contribution in [0.1, 0.15) is 61.1 Å². The molecule has 7 rings (SSSR count). The fourth-order valence-electron chi connectivity index (χ4n) is 7.45. The number of nitrogens with zero attached hydrogens (tertiary/aromatic N) is 1. The molecule has 1 unspecified atom stereocenters. The third kappa shape index (κ3) is 1.70. The van der Waals surface area contributed by atoms with E-state index < -0.39 is 0 Å². The van der Waals surface area contributed by atoms with Gasteiger partial charge in [0.1, 0.15) is 0 Å². The lowest BCUT2D eigenvalue weighted by molar-refractivity contribution is -0.0588. The number of thiophene rings is 1. The van der Waals surface area contributed by atoms with Gasteiger partial charge in [0.2, 0.25) is 0 Å². The molecule has 1 aromatic heterocycles. The van der Waals surface area contributed by atoms with E-state index in [2.05, 4.69) is 65.8 Å². The number of benzene rings is 1. The van der Waals surface area contributed by atoms with Crippen molar-refractivity contribution in [1.29, 1.82) is 0 Å². The van der Waals surface area contributed by atoms with Crippen molar-refractivity contribution in [2.45, 2.75) is 57.5 Å². The average molecular weight is 350 g/mol. The highest BCUT2D eigenvalue weighted by molar-refractivity contribution is 7.10. The Morgan fingerprint density at radius 2 is 1.64 bits per heavy atom. The Morgan fingerprint density at radius 3 is 2.32 bits per heavy atom. The Balaban J connectivity index is 1.61. The predicted octanol–water partition coefficient (Wildman–Crippen LogP) is 6.29. The van der Waals surface area contributed by atoms with Gasteiger partial charge < -0.3 is 4.90 Å². The Hall–Kier alpha value is -1.28. The van der Waals surface area contributed by atoms with Crippen molar-refractivity contribution in [3.05, 3.63) is 51.7 Å². The molecule has 2 aromatic rings. The quantitative estimate of drug-likeness (QED) is 0.585. The van der Waals surface area contributed by atoms with E-state index in [0.29, 0.717) is 11.6 Å². The van der Waals surface area contributed by atoms with Crippen molar-refractivity contribution in [1.82, 2.24) is 0 Å². The van der Waals surface area contributed by atoms with Crippen LogP contribution in [0.4, 0.5) is 5.69 Å². The monoisotopic (exact) mass is 349 g/mol. The number of anilines is 1. The van der Waals surface area contributed by atoms with Gasteiger partial charge >= 0.3 is 0 Å². The number of hydrogen-bond donors (Lipinski definition) is 0. The molecule has 2 heterocycles. The van der Waals surface area contributed by atoms with E-state index >= 15 is 0 Å². The van der Waals surface area contributed by atoms with E-state index in [1.165, 1.54) is 43.4 Å². The topological polar surface area (TPSA) is 3.24 Å². The van der Waals surface area contributed by atoms with Crippen LogP contribution >= 0.6 is 11.3 Å². The van der Waals surface area contributed by atoms with Gasteiger partial charge in [-0.05, 0) is 98.3 Å². The van der Waals surface area contributed by atoms with Crippen molar-refractivity contribution in [2.75, 3.05) is 4.90 Å². The molecule has 4 aliphatic carbocycles. The molecule has 1 nitrogen and oxygen atoms in total. The molecule has 1 aliphatic heterocycles. The first-order valence-corrected chi connectivity index (χ1v) is 11.0. The highest BCUT2D eigenvalue weighted by Crippen LogP contribution is 2.69. The molecule has 5 aliphatic rings. The van der Waals surface area contributed by atoms with Crippen LogP contribution in [0.25, 0.3) is 0 Å². The summed E-state index contributed by atoms with van der Waals surface area (Å²) in [6, 6.07) is 12.1. The number of fused-ring (bicyclic) bond motifs is 1. The van der Waals surface area contributed by atoms with Gasteiger partial charge in [0.15, 0.2) is 0 Å². The lowest BCUT2D eigenvalue weighted by Crippen LogP contribution is -2.62. The Kier molecular flexibility index (Phi) is 2.92. The van der Waals surface area contributed by atoms with Crippen LogP contribution in [0.3, 0.4) is 0 Å². The minimum absolute atomic E-state index is 0.294. The second-order valence-corrected chi connectivity index (χ2v) is 10.1. The summed E-state index contributed by atoms with van der Waals surface area (Å²) in [6.45, 7) is 4.76. The van der Waals surface area contributed by atoms with Gasteiger partial charge in [0.25, 0.3) is 0 Å². The number of rotatable bonds is 1. The predicted molar refractivity (Wildman–Crippen MR) is 105 cm³/mol. The van der Waals surface area contributed by atoms with Gasteiger partial charge in [-0.25, -0.2) is 0 Å². The standard InChI is InChI=1S/C23H27NS/c1-14-5-3-4-6-21(14)24-15(2)20-7-8-25-22(20)23(24)18-10-16-9-17(12-18)13-19(23)11-16/h3-8,15-19H,9-13H2,1-2H3. The van der Waals surface area contributed by atoms with Gasteiger partial charge in [-0.2, -0.15) is 0 Å². The van der Waals surface area contributed by atoms with Crippen molar-refractivity contribution < 1.29 is 0 Å². The molecule has 1 spiro atoms. The average Bonchev–Trinajstić information content (AvgIpc) is 3.15. The van der Waals surface area contributed by atoms with Crippen LogP contribution < -0.4 is 4.90 Å². The Morgan fingerprint density at radius 1 is 0.960 bits per heavy atom. The van der Waals surface area contributed by atoms with E-state index in [4.69, 9.17) is 0 Å². The summed E-state index contributed by atoms with van der Waals surface area (Å²) in [5.74, 6) is 3.77. The van der Waals surface area contributed by atoms with E-state index in [-0.39, 0.29) is 0 Å². The van der Waals surface area contributed by atoms with Gasteiger partial charge in [-0.1, -0.05) is 18.2 Å². The molecular weight excluding hydrogens is 322 g/mol. The lowest BCUT2D eigenvalue weighted by Gasteiger charge is -2.63. The maximum absolute atomic E-state index is 2.90. The zero-order chi connectivity index (χ0) is 16.8. The largest absolute Gasteiger partial charge is 0.353 e. The third-order valence-electron chi connectivity index (χ3n) is 8.05. The van der Waals surface area contributed by atoms with Gasteiger partial charge in [-0.3, -0.25) is 0 Å². The number of hydrogen-bond acceptors (Lipinski definition) is 2. The first-order valence-electron chi connectivity index (χ1n) is 10.1. The van der Waals surface area contributed by atoms with E-state index in [0.717, 1.165) is 23.7 Å². The molecule has 130 valence electrons. The van der Waals surface area contributed by atoms with Gasteiger partial charge in [0, 0.05) is 10.6 Å². The molecule has 4 bridgehead atoms. The van der Waals surface area contributed by atoms with Crippen LogP contribution in [0.2, 0.25) is 0 Å². The molecule has 4 saturated carbocycles. The summed E-state index contributed by atoms with van der Waals surface area (Å²) in [6.07, 6.45) is 7.41. The van der Waals surface area contributed by atoms with E-state index in [1.54, 1.807) is 10.4 Å². The van der Waals surface area contributed by atoms with E-state index in [9.17, 15) is 0 Å². The Labute approximate surface area is 155 Å².